The van der Waals surface area contributed by atoms with Crippen molar-refractivity contribution >= 4 is 39.5 Å². The molecule has 1 unspecified atom stereocenters. The topological polar surface area (TPSA) is 53.6 Å². The first-order chi connectivity index (χ1) is 14.9. The maximum Gasteiger partial charge on any atom is 0.155 e. The molecule has 1 aliphatic rings. The average molecular weight is 438 g/mol. The largest absolute Gasteiger partial charge is 0.380 e. The maximum absolute atomic E-state index is 6.44. The van der Waals surface area contributed by atoms with Crippen LogP contribution in [0.5, 0.6) is 0 Å². The van der Waals surface area contributed by atoms with E-state index in [1.807, 2.05) is 41.5 Å². The summed E-state index contributed by atoms with van der Waals surface area (Å²) >= 11 is 6.44. The van der Waals surface area contributed by atoms with Crippen LogP contribution in [0.15, 0.2) is 36.8 Å². The van der Waals surface area contributed by atoms with Gasteiger partial charge in [0.2, 0.25) is 0 Å². The van der Waals surface area contributed by atoms with Gasteiger partial charge in [-0.15, -0.1) is 0 Å². The molecule has 0 radical (unpaired) electrons. The molecule has 8 heteroatoms. The monoisotopic (exact) mass is 437 g/mol. The minimum Gasteiger partial charge on any atom is -0.380 e. The molecule has 1 saturated heterocycles. The molecule has 0 bridgehead atoms. The van der Waals surface area contributed by atoms with Crippen LogP contribution in [0.4, 0.5) is 11.4 Å². The number of imidazole rings is 1. The summed E-state index contributed by atoms with van der Waals surface area (Å²) in [5.74, 6) is 0. The van der Waals surface area contributed by atoms with E-state index >= 15 is 0 Å². The van der Waals surface area contributed by atoms with E-state index < -0.39 is 0 Å². The number of aryl methyl sites for hydroxylation is 2. The predicted molar refractivity (Wildman–Crippen MR) is 127 cm³/mol. The van der Waals surface area contributed by atoms with Crippen LogP contribution in [-0.2, 0) is 13.6 Å². The fraction of sp³-hybridized carbons (Fsp3) is 0.391. The number of pyridine rings is 1. The molecule has 1 aromatic carbocycles. The third kappa shape index (κ3) is 3.72. The molecule has 5 rings (SSSR count). The summed E-state index contributed by atoms with van der Waals surface area (Å²) < 4.78 is 3.88. The van der Waals surface area contributed by atoms with Crippen molar-refractivity contribution < 1.29 is 0 Å². The highest BCUT2D eigenvalue weighted by Crippen LogP contribution is 2.32. The molecule has 0 spiro atoms. The van der Waals surface area contributed by atoms with Crippen LogP contribution in [-0.4, -0.2) is 57.3 Å². The summed E-state index contributed by atoms with van der Waals surface area (Å²) in [4.78, 5) is 9.27. The smallest absolute Gasteiger partial charge is 0.155 e. The van der Waals surface area contributed by atoms with Gasteiger partial charge in [0, 0.05) is 62.4 Å². The predicted octanol–water partition coefficient (Wildman–Crippen LogP) is 3.94. The van der Waals surface area contributed by atoms with Crippen molar-refractivity contribution in [3.8, 4) is 0 Å². The summed E-state index contributed by atoms with van der Waals surface area (Å²) in [6.07, 6.45) is 7.33. The van der Waals surface area contributed by atoms with Gasteiger partial charge < -0.3 is 19.5 Å². The molecule has 3 aromatic heterocycles. The Balaban J connectivity index is 1.42. The minimum atomic E-state index is 0.597. The zero-order chi connectivity index (χ0) is 21.7. The molecule has 7 nitrogen and oxygen atoms in total. The fourth-order valence-corrected chi connectivity index (χ4v) is 4.79. The molecule has 4 aromatic rings. The maximum atomic E-state index is 6.44. The lowest BCUT2D eigenvalue weighted by molar-refractivity contribution is 0.315. The van der Waals surface area contributed by atoms with E-state index in [4.69, 9.17) is 16.7 Å². The van der Waals surface area contributed by atoms with Crippen LogP contribution in [0.25, 0.3) is 16.6 Å². The van der Waals surface area contributed by atoms with Crippen LogP contribution >= 0.6 is 11.6 Å². The first-order valence-electron chi connectivity index (χ1n) is 10.6. The number of hydrogen-bond acceptors (Lipinski definition) is 5. The Morgan fingerprint density at radius 2 is 2.06 bits per heavy atom. The van der Waals surface area contributed by atoms with E-state index in [1.54, 1.807) is 0 Å². The van der Waals surface area contributed by atoms with Crippen molar-refractivity contribution in [2.75, 3.05) is 37.4 Å². The summed E-state index contributed by atoms with van der Waals surface area (Å²) in [5.41, 5.74) is 6.17. The van der Waals surface area contributed by atoms with Crippen LogP contribution < -0.4 is 10.2 Å². The Kier molecular flexibility index (Phi) is 5.02. The second kappa shape index (κ2) is 7.73. The van der Waals surface area contributed by atoms with Gasteiger partial charge in [-0.1, -0.05) is 17.7 Å². The summed E-state index contributed by atoms with van der Waals surface area (Å²) in [5, 5.41) is 10.1. The molecule has 0 amide bonds. The first-order valence-corrected chi connectivity index (χ1v) is 11.0. The molecular weight excluding hydrogens is 410 g/mol. The van der Waals surface area contributed by atoms with Crippen LogP contribution in [0.2, 0.25) is 5.02 Å². The van der Waals surface area contributed by atoms with Gasteiger partial charge in [0.1, 0.15) is 0 Å². The zero-order valence-electron chi connectivity index (χ0n) is 18.4. The van der Waals surface area contributed by atoms with Crippen LogP contribution in [0, 0.1) is 6.92 Å². The number of halogens is 1. The zero-order valence-corrected chi connectivity index (χ0v) is 19.2. The minimum absolute atomic E-state index is 0.597. The van der Waals surface area contributed by atoms with E-state index in [1.165, 1.54) is 23.1 Å². The van der Waals surface area contributed by atoms with Crippen LogP contribution in [0.3, 0.4) is 0 Å². The van der Waals surface area contributed by atoms with Gasteiger partial charge in [-0.3, -0.25) is 4.68 Å². The Labute approximate surface area is 187 Å². The quantitative estimate of drug-likeness (QED) is 0.512. The molecule has 0 aliphatic carbocycles. The van der Waals surface area contributed by atoms with E-state index in [9.17, 15) is 0 Å². The molecule has 162 valence electrons. The Bertz CT molecular complexity index is 1260. The molecule has 1 fully saturated rings. The molecular formula is C23H28ClN7. The number of nitrogens with one attached hydrogen (secondary N) is 1. The van der Waals surface area contributed by atoms with Gasteiger partial charge >= 0.3 is 0 Å². The van der Waals surface area contributed by atoms with Crippen LogP contribution in [0.1, 0.15) is 17.7 Å². The molecule has 0 saturated carbocycles. The fourth-order valence-electron chi connectivity index (χ4n) is 4.54. The van der Waals surface area contributed by atoms with E-state index in [0.29, 0.717) is 17.6 Å². The third-order valence-electron chi connectivity index (χ3n) is 6.20. The van der Waals surface area contributed by atoms with E-state index in [2.05, 4.69) is 52.5 Å². The second-order valence-corrected chi connectivity index (χ2v) is 9.11. The number of aromatic nitrogens is 4. The van der Waals surface area contributed by atoms with Crippen molar-refractivity contribution in [2.24, 2.45) is 7.05 Å². The van der Waals surface area contributed by atoms with Gasteiger partial charge in [0.05, 0.1) is 21.9 Å². The van der Waals surface area contributed by atoms with Crippen molar-refractivity contribution in [1.82, 2.24) is 24.1 Å². The van der Waals surface area contributed by atoms with E-state index in [0.717, 1.165) is 35.6 Å². The number of rotatable bonds is 5. The first kappa shape index (κ1) is 20.2. The summed E-state index contributed by atoms with van der Waals surface area (Å²) in [6, 6.07) is 6.97. The van der Waals surface area contributed by atoms with Gasteiger partial charge in [-0.25, -0.2) is 4.98 Å². The van der Waals surface area contributed by atoms with Crippen molar-refractivity contribution in [2.45, 2.75) is 25.9 Å². The molecule has 4 heterocycles. The Hall–Kier alpha value is -2.77. The van der Waals surface area contributed by atoms with Crippen molar-refractivity contribution in [3.63, 3.8) is 0 Å². The molecule has 1 atom stereocenters. The molecule has 1 aliphatic heterocycles. The Morgan fingerprint density at radius 1 is 1.23 bits per heavy atom. The number of hydrogen-bond donors (Lipinski definition) is 1. The SMILES string of the molecule is Cc1cn2cc(NCc3ccc(N4CCC(N(C)C)C4)c4cn(C)nc34)cc(Cl)c2n1. The van der Waals surface area contributed by atoms with Gasteiger partial charge in [0.25, 0.3) is 0 Å². The highest BCUT2D eigenvalue weighted by molar-refractivity contribution is 6.33. The Morgan fingerprint density at radius 3 is 2.84 bits per heavy atom. The highest BCUT2D eigenvalue weighted by Gasteiger charge is 2.26. The normalized spacial score (nSPS) is 16.8. The summed E-state index contributed by atoms with van der Waals surface area (Å²) in [6.45, 7) is 4.77. The number of anilines is 2. The number of fused-ring (bicyclic) bond motifs is 2. The molecule has 31 heavy (non-hydrogen) atoms. The van der Waals surface area contributed by atoms with Crippen molar-refractivity contribution in [1.29, 1.82) is 0 Å². The third-order valence-corrected chi connectivity index (χ3v) is 6.47. The lowest BCUT2D eigenvalue weighted by atomic mass is 10.1. The average Bonchev–Trinajstić information content (AvgIpc) is 3.43. The number of nitrogens with zero attached hydrogens (tertiary/aromatic N) is 6. The lowest BCUT2D eigenvalue weighted by Crippen LogP contribution is -2.31. The van der Waals surface area contributed by atoms with Gasteiger partial charge in [-0.2, -0.15) is 5.10 Å². The van der Waals surface area contributed by atoms with Gasteiger partial charge in [-0.05, 0) is 45.1 Å². The van der Waals surface area contributed by atoms with E-state index in [-0.39, 0.29) is 0 Å². The standard InChI is InChI=1S/C23H28ClN7/c1-15-11-31-12-17(9-20(24)23(31)26-15)25-10-16-5-6-21(19-14-29(4)27-22(16)19)30-8-7-18(13-30)28(2)3/h5-6,9,11-12,14,18,25H,7-8,10,13H2,1-4H3. The highest BCUT2D eigenvalue weighted by atomic mass is 35.5. The number of benzene rings is 1. The summed E-state index contributed by atoms with van der Waals surface area (Å²) in [7, 11) is 6.32. The van der Waals surface area contributed by atoms with Gasteiger partial charge in [0.15, 0.2) is 5.65 Å². The lowest BCUT2D eigenvalue weighted by Gasteiger charge is -2.22. The second-order valence-electron chi connectivity index (χ2n) is 8.70. The van der Waals surface area contributed by atoms with Crippen molar-refractivity contribution in [3.05, 3.63) is 53.1 Å². The number of likely N-dealkylation sites (N-methyl/N-ethyl adjacent to an activating group) is 1. The molecule has 1 N–H and O–H groups in total.